The largest absolute Gasteiger partial charge is 0.341 e. The predicted molar refractivity (Wildman–Crippen MR) is 116 cm³/mol. The SMILES string of the molecule is Cc1cccc(CN2CCN(C(=O)C(C)NC(=O)C=Cc3ccccc3)CC2)c1. The zero-order valence-electron chi connectivity index (χ0n) is 17.2. The van der Waals surface area contributed by atoms with Gasteiger partial charge in [-0.25, -0.2) is 0 Å². The van der Waals surface area contributed by atoms with Crippen molar-refractivity contribution < 1.29 is 9.59 Å². The normalized spacial score (nSPS) is 16.0. The maximum absolute atomic E-state index is 12.7. The smallest absolute Gasteiger partial charge is 0.244 e. The summed E-state index contributed by atoms with van der Waals surface area (Å²) < 4.78 is 0. The van der Waals surface area contributed by atoms with E-state index in [0.717, 1.165) is 25.2 Å². The van der Waals surface area contributed by atoms with Crippen molar-refractivity contribution in [2.45, 2.75) is 26.4 Å². The molecule has 5 nitrogen and oxygen atoms in total. The number of nitrogens with zero attached hydrogens (tertiary/aromatic N) is 2. The fourth-order valence-corrected chi connectivity index (χ4v) is 3.53. The Hall–Kier alpha value is -2.92. The van der Waals surface area contributed by atoms with Crippen molar-refractivity contribution in [2.75, 3.05) is 26.2 Å². The van der Waals surface area contributed by atoms with Gasteiger partial charge in [0.2, 0.25) is 11.8 Å². The number of benzene rings is 2. The monoisotopic (exact) mass is 391 g/mol. The summed E-state index contributed by atoms with van der Waals surface area (Å²) in [7, 11) is 0. The van der Waals surface area contributed by atoms with Crippen molar-refractivity contribution in [1.82, 2.24) is 15.1 Å². The van der Waals surface area contributed by atoms with E-state index in [1.165, 1.54) is 17.2 Å². The van der Waals surface area contributed by atoms with E-state index in [1.807, 2.05) is 35.2 Å². The molecule has 1 N–H and O–H groups in total. The Balaban J connectivity index is 1.44. The van der Waals surface area contributed by atoms with E-state index < -0.39 is 6.04 Å². The van der Waals surface area contributed by atoms with Gasteiger partial charge in [-0.2, -0.15) is 0 Å². The Labute approximate surface area is 173 Å². The molecule has 0 saturated carbocycles. The highest BCUT2D eigenvalue weighted by Gasteiger charge is 2.25. The molecule has 5 heteroatoms. The van der Waals surface area contributed by atoms with Gasteiger partial charge in [-0.05, 0) is 31.1 Å². The van der Waals surface area contributed by atoms with Gasteiger partial charge in [0.1, 0.15) is 6.04 Å². The second-order valence-electron chi connectivity index (χ2n) is 7.56. The van der Waals surface area contributed by atoms with Crippen LogP contribution >= 0.6 is 0 Å². The van der Waals surface area contributed by atoms with E-state index in [1.54, 1.807) is 13.0 Å². The molecule has 1 fully saturated rings. The topological polar surface area (TPSA) is 52.6 Å². The molecule has 3 rings (SSSR count). The van der Waals surface area contributed by atoms with Crippen LogP contribution in [0.1, 0.15) is 23.6 Å². The van der Waals surface area contributed by atoms with Crippen LogP contribution in [-0.2, 0) is 16.1 Å². The molecule has 0 bridgehead atoms. The molecule has 1 unspecified atom stereocenters. The summed E-state index contributed by atoms with van der Waals surface area (Å²) in [6.45, 7) is 7.80. The lowest BCUT2D eigenvalue weighted by Crippen LogP contribution is -2.53. The molecule has 2 amide bonds. The number of amides is 2. The molecule has 29 heavy (non-hydrogen) atoms. The molecule has 0 spiro atoms. The van der Waals surface area contributed by atoms with Crippen LogP contribution in [0.4, 0.5) is 0 Å². The molecule has 1 heterocycles. The van der Waals surface area contributed by atoms with Crippen LogP contribution in [-0.4, -0.2) is 53.8 Å². The third-order valence-electron chi connectivity index (χ3n) is 5.13. The summed E-state index contributed by atoms with van der Waals surface area (Å²) in [6.07, 6.45) is 3.22. The first-order valence-electron chi connectivity index (χ1n) is 10.1. The van der Waals surface area contributed by atoms with Crippen LogP contribution in [0.2, 0.25) is 0 Å². The number of hydrogen-bond donors (Lipinski definition) is 1. The lowest BCUT2D eigenvalue weighted by Gasteiger charge is -2.36. The first-order chi connectivity index (χ1) is 14.0. The predicted octanol–water partition coefficient (Wildman–Crippen LogP) is 2.86. The minimum absolute atomic E-state index is 0.0262. The Morgan fingerprint density at radius 3 is 2.45 bits per heavy atom. The fourth-order valence-electron chi connectivity index (χ4n) is 3.53. The first-order valence-corrected chi connectivity index (χ1v) is 10.1. The Morgan fingerprint density at radius 1 is 1.03 bits per heavy atom. The standard InChI is InChI=1S/C24H29N3O2/c1-19-7-6-10-22(17-19)18-26-13-15-27(16-14-26)24(29)20(2)25-23(28)12-11-21-8-4-3-5-9-21/h3-12,17,20H,13-16,18H2,1-2H3,(H,25,28). The molecule has 0 aromatic heterocycles. The van der Waals surface area contributed by atoms with Crippen LogP contribution < -0.4 is 5.32 Å². The van der Waals surface area contributed by atoms with Crippen molar-refractivity contribution in [1.29, 1.82) is 0 Å². The average Bonchev–Trinajstić information content (AvgIpc) is 2.73. The zero-order valence-corrected chi connectivity index (χ0v) is 17.2. The highest BCUT2D eigenvalue weighted by molar-refractivity contribution is 5.95. The Morgan fingerprint density at radius 2 is 1.76 bits per heavy atom. The van der Waals surface area contributed by atoms with E-state index in [4.69, 9.17) is 0 Å². The van der Waals surface area contributed by atoms with Crippen molar-refractivity contribution >= 4 is 17.9 Å². The van der Waals surface area contributed by atoms with Gasteiger partial charge in [0.15, 0.2) is 0 Å². The number of rotatable bonds is 6. The van der Waals surface area contributed by atoms with E-state index >= 15 is 0 Å². The number of piperazine rings is 1. The van der Waals surface area contributed by atoms with Crippen LogP contribution in [0.15, 0.2) is 60.7 Å². The highest BCUT2D eigenvalue weighted by Crippen LogP contribution is 2.11. The number of nitrogens with one attached hydrogen (secondary N) is 1. The van der Waals surface area contributed by atoms with Gasteiger partial charge in [0.25, 0.3) is 0 Å². The fraction of sp³-hybridized carbons (Fsp3) is 0.333. The lowest BCUT2D eigenvalue weighted by molar-refractivity contribution is -0.136. The lowest BCUT2D eigenvalue weighted by atomic mass is 10.1. The van der Waals surface area contributed by atoms with E-state index in [-0.39, 0.29) is 11.8 Å². The highest BCUT2D eigenvalue weighted by atomic mass is 16.2. The third-order valence-corrected chi connectivity index (χ3v) is 5.13. The summed E-state index contributed by atoms with van der Waals surface area (Å²) in [5.41, 5.74) is 3.52. The van der Waals surface area contributed by atoms with Crippen molar-refractivity contribution in [2.24, 2.45) is 0 Å². The quantitative estimate of drug-likeness (QED) is 0.771. The molecule has 2 aromatic carbocycles. The van der Waals surface area contributed by atoms with Gasteiger partial charge in [0.05, 0.1) is 0 Å². The molecule has 0 aliphatic carbocycles. The maximum atomic E-state index is 12.7. The zero-order chi connectivity index (χ0) is 20.6. The molecule has 1 aliphatic rings. The number of carbonyl (C=O) groups excluding carboxylic acids is 2. The number of aryl methyl sites for hydroxylation is 1. The second kappa shape index (κ2) is 10.0. The summed E-state index contributed by atoms with van der Waals surface area (Å²) in [5.74, 6) is -0.283. The molecule has 2 aromatic rings. The molecular weight excluding hydrogens is 362 g/mol. The maximum Gasteiger partial charge on any atom is 0.244 e. The van der Waals surface area contributed by atoms with Crippen molar-refractivity contribution in [3.63, 3.8) is 0 Å². The van der Waals surface area contributed by atoms with Gasteiger partial charge >= 0.3 is 0 Å². The van der Waals surface area contributed by atoms with E-state index in [9.17, 15) is 9.59 Å². The minimum atomic E-state index is -0.536. The summed E-state index contributed by atoms with van der Waals surface area (Å²) >= 11 is 0. The van der Waals surface area contributed by atoms with Gasteiger partial charge in [-0.1, -0.05) is 60.2 Å². The second-order valence-corrected chi connectivity index (χ2v) is 7.56. The Bertz CT molecular complexity index is 855. The molecule has 1 aliphatic heterocycles. The van der Waals surface area contributed by atoms with Crippen LogP contribution in [0.5, 0.6) is 0 Å². The molecule has 1 atom stereocenters. The van der Waals surface area contributed by atoms with Crippen LogP contribution in [0.25, 0.3) is 6.08 Å². The van der Waals surface area contributed by atoms with E-state index in [2.05, 4.69) is 41.4 Å². The number of hydrogen-bond acceptors (Lipinski definition) is 3. The summed E-state index contributed by atoms with van der Waals surface area (Å²) in [4.78, 5) is 29.0. The van der Waals surface area contributed by atoms with Crippen molar-refractivity contribution in [3.8, 4) is 0 Å². The Kier molecular flexibility index (Phi) is 7.19. The molecule has 1 saturated heterocycles. The van der Waals surface area contributed by atoms with E-state index in [0.29, 0.717) is 13.1 Å². The van der Waals surface area contributed by atoms with Gasteiger partial charge in [0, 0.05) is 38.8 Å². The molecule has 152 valence electrons. The molecular formula is C24H29N3O2. The van der Waals surface area contributed by atoms with Gasteiger partial charge < -0.3 is 10.2 Å². The van der Waals surface area contributed by atoms with Gasteiger partial charge in [-0.3, -0.25) is 14.5 Å². The van der Waals surface area contributed by atoms with Crippen LogP contribution in [0.3, 0.4) is 0 Å². The van der Waals surface area contributed by atoms with Crippen LogP contribution in [0, 0.1) is 6.92 Å². The first kappa shape index (κ1) is 20.8. The molecule has 0 radical (unpaired) electrons. The van der Waals surface area contributed by atoms with Gasteiger partial charge in [-0.15, -0.1) is 0 Å². The average molecular weight is 392 g/mol. The van der Waals surface area contributed by atoms with Crippen molar-refractivity contribution in [3.05, 3.63) is 77.4 Å². The summed E-state index contributed by atoms with van der Waals surface area (Å²) in [5, 5.41) is 2.77. The summed E-state index contributed by atoms with van der Waals surface area (Å²) in [6, 6.07) is 17.6. The third kappa shape index (κ3) is 6.29. The minimum Gasteiger partial charge on any atom is -0.341 e. The number of carbonyl (C=O) groups is 2.